The van der Waals surface area contributed by atoms with Crippen LogP contribution in [0.15, 0.2) is 0 Å². The van der Waals surface area contributed by atoms with Crippen LogP contribution < -0.4 is 104 Å². The molecule has 0 atom stereocenters. The van der Waals surface area contributed by atoms with Crippen molar-refractivity contribution in [3.8, 4) is 0 Å². The van der Waals surface area contributed by atoms with Gasteiger partial charge in [-0.05, 0) is 0 Å². The Hall–Kier alpha value is 2.58. The van der Waals surface area contributed by atoms with E-state index in [9.17, 15) is 24.3 Å². The molecule has 6 nitrogen and oxygen atoms in total. The smallest absolute Gasteiger partial charge is 0.790 e. The summed E-state index contributed by atoms with van der Waals surface area (Å²) in [5.74, 6) is -1.75. The van der Waals surface area contributed by atoms with Gasteiger partial charge in [0, 0.05) is 0 Å². The van der Waals surface area contributed by atoms with Crippen LogP contribution in [0, 0.1) is 0 Å². The van der Waals surface area contributed by atoms with Crippen molar-refractivity contribution in [3.63, 3.8) is 0 Å². The molecule has 0 aliphatic heterocycles. The second kappa shape index (κ2) is 11.7. The molecule has 0 N–H and O–H groups in total. The van der Waals surface area contributed by atoms with Gasteiger partial charge >= 0.3 is 88.7 Å². The Balaban J connectivity index is -0.000000107. The fourth-order valence-corrected chi connectivity index (χ4v) is 0.395. The van der Waals surface area contributed by atoms with Gasteiger partial charge in [-0.3, -0.25) is 0 Å². The van der Waals surface area contributed by atoms with E-state index in [4.69, 9.17) is 0 Å². The summed E-state index contributed by atoms with van der Waals surface area (Å²) in [4.78, 5) is 28.4. The van der Waals surface area contributed by atoms with Crippen molar-refractivity contribution in [2.75, 3.05) is 6.61 Å². The summed E-state index contributed by atoms with van der Waals surface area (Å²) in [5, 5.41) is 9.41. The van der Waals surface area contributed by atoms with Crippen molar-refractivity contribution in [2.45, 2.75) is 0 Å². The third-order valence-electron chi connectivity index (χ3n) is 0.341. The summed E-state index contributed by atoms with van der Waals surface area (Å²) in [6.07, 6.45) is 0. The molecule has 0 bridgehead atoms. The zero-order valence-electron chi connectivity index (χ0n) is 7.10. The van der Waals surface area contributed by atoms with Crippen LogP contribution in [0.2, 0.25) is 0 Å². The third kappa shape index (κ3) is 22.9. The van der Waals surface area contributed by atoms with Gasteiger partial charge in [0.1, 0.15) is 0 Å². The number of phosphoric acid groups is 1. The van der Waals surface area contributed by atoms with Gasteiger partial charge in [0.15, 0.2) is 0 Å². The van der Waals surface area contributed by atoms with Crippen LogP contribution in [-0.4, -0.2) is 12.6 Å². The number of rotatable bonds is 3. The summed E-state index contributed by atoms with van der Waals surface area (Å²) < 4.78 is 12.8. The summed E-state index contributed by atoms with van der Waals surface area (Å²) >= 11 is 0. The first kappa shape index (κ1) is 24.0. The Morgan fingerprint density at radius 3 is 1.67 bits per heavy atom. The van der Waals surface area contributed by atoms with E-state index in [1.807, 2.05) is 0 Å². The third-order valence-corrected chi connectivity index (χ3v) is 0.786. The van der Waals surface area contributed by atoms with Gasteiger partial charge in [-0.2, -0.15) is 0 Å². The maximum Gasteiger partial charge on any atom is 1.00 e. The number of hydrogen-bond donors (Lipinski definition) is 0. The van der Waals surface area contributed by atoms with Crippen LogP contribution >= 0.6 is 7.82 Å². The molecule has 0 saturated heterocycles. The first-order valence-corrected chi connectivity index (χ1v) is 3.24. The van der Waals surface area contributed by atoms with E-state index in [1.54, 1.807) is 0 Å². The average Bonchev–Trinajstić information content (AvgIpc) is 1.59. The first-order valence-electron chi connectivity index (χ1n) is 1.78. The van der Waals surface area contributed by atoms with Crippen molar-refractivity contribution in [1.29, 1.82) is 0 Å². The Morgan fingerprint density at radius 1 is 1.25 bits per heavy atom. The number of phosphoric ester groups is 1. The zero-order chi connectivity index (χ0) is 7.49. The topological polar surface area (TPSA) is 113 Å². The number of carboxylic acid groups (broad SMARTS) is 1. The molecule has 0 saturated carbocycles. The van der Waals surface area contributed by atoms with Crippen molar-refractivity contribution in [3.05, 3.63) is 0 Å². The van der Waals surface area contributed by atoms with Crippen molar-refractivity contribution in [1.82, 2.24) is 0 Å². The molecule has 0 radical (unpaired) electrons. The van der Waals surface area contributed by atoms with Crippen LogP contribution in [0.5, 0.6) is 0 Å². The van der Waals surface area contributed by atoms with Crippen LogP contribution in [0.3, 0.4) is 0 Å². The molecule has 0 amide bonds. The van der Waals surface area contributed by atoms with Gasteiger partial charge in [0.05, 0.1) is 20.4 Å². The van der Waals surface area contributed by atoms with Crippen LogP contribution in [-0.2, 0) is 13.9 Å². The second-order valence-electron chi connectivity index (χ2n) is 1.09. The van der Waals surface area contributed by atoms with Crippen LogP contribution in [0.25, 0.3) is 0 Å². The standard InChI is InChI=1S/C2H5O6P.3Na/c3-2(4)1-8-9(5,6)7;;;/h1H2,(H,3,4)(H2,5,6,7);;;/q;3*+1/p-3. The Labute approximate surface area is 136 Å². The van der Waals surface area contributed by atoms with Gasteiger partial charge in [0.2, 0.25) is 0 Å². The summed E-state index contributed by atoms with van der Waals surface area (Å²) in [7, 11) is -5.14. The summed E-state index contributed by atoms with van der Waals surface area (Å²) in [6, 6.07) is 0. The number of aliphatic carboxylic acids is 1. The number of hydrogen-bond acceptors (Lipinski definition) is 6. The van der Waals surface area contributed by atoms with Gasteiger partial charge in [-0.15, -0.1) is 0 Å². The molecular weight excluding hydrogens is 220 g/mol. The molecule has 54 valence electrons. The SMILES string of the molecule is O=C([O-])COP(=O)([O-])[O-].[Na+].[Na+].[Na+]. The van der Waals surface area contributed by atoms with Crippen molar-refractivity contribution < 1.29 is 117 Å². The van der Waals surface area contributed by atoms with Crippen molar-refractivity contribution >= 4 is 13.8 Å². The zero-order valence-corrected chi connectivity index (χ0v) is 14.0. The molecule has 0 spiro atoms. The maximum absolute atomic E-state index is 9.49. The molecule has 0 aliphatic rings. The van der Waals surface area contributed by atoms with E-state index >= 15 is 0 Å². The second-order valence-corrected chi connectivity index (χ2v) is 2.25. The largest absolute Gasteiger partial charge is 1.00 e. The van der Waals surface area contributed by atoms with Crippen LogP contribution in [0.1, 0.15) is 0 Å². The minimum absolute atomic E-state index is 0. The molecule has 10 heteroatoms. The van der Waals surface area contributed by atoms with Crippen molar-refractivity contribution in [2.24, 2.45) is 0 Å². The van der Waals surface area contributed by atoms with Gasteiger partial charge < -0.3 is 28.8 Å². The summed E-state index contributed by atoms with van der Waals surface area (Å²) in [5.41, 5.74) is 0. The van der Waals surface area contributed by atoms with Gasteiger partial charge in [-0.1, -0.05) is 0 Å². The van der Waals surface area contributed by atoms with E-state index in [-0.39, 0.29) is 88.7 Å². The molecule has 0 rings (SSSR count). The first-order chi connectivity index (χ1) is 3.92. The fraction of sp³-hybridized carbons (Fsp3) is 0.500. The van der Waals surface area contributed by atoms with E-state index in [0.717, 1.165) is 0 Å². The van der Waals surface area contributed by atoms with Gasteiger partial charge in [-0.25, -0.2) is 0 Å². The Morgan fingerprint density at radius 2 is 1.58 bits per heavy atom. The molecule has 0 fully saturated rings. The molecule has 0 heterocycles. The van der Waals surface area contributed by atoms with Gasteiger partial charge in [0.25, 0.3) is 0 Å². The van der Waals surface area contributed by atoms with E-state index in [0.29, 0.717) is 0 Å². The minimum atomic E-state index is -5.14. The van der Waals surface area contributed by atoms with E-state index in [1.165, 1.54) is 0 Å². The molecule has 0 aliphatic carbocycles. The normalized spacial score (nSPS) is 8.50. The molecule has 12 heavy (non-hydrogen) atoms. The van der Waals surface area contributed by atoms with E-state index < -0.39 is 20.4 Å². The predicted molar refractivity (Wildman–Crippen MR) is 18.6 cm³/mol. The maximum atomic E-state index is 9.49. The molecule has 0 aromatic carbocycles. The van der Waals surface area contributed by atoms with Crippen LogP contribution in [0.4, 0.5) is 0 Å². The fourth-order valence-electron chi connectivity index (χ4n) is 0.132. The number of carboxylic acids is 1. The number of carbonyl (C=O) groups excluding carboxylic acids is 1. The summed E-state index contributed by atoms with van der Waals surface area (Å²) in [6.45, 7) is -1.22. The Bertz CT molecular complexity index is 155. The molecule has 0 unspecified atom stereocenters. The number of carbonyl (C=O) groups is 1. The Kier molecular flexibility index (Phi) is 23.3. The molecule has 0 aromatic heterocycles. The predicted octanol–water partition coefficient (Wildman–Crippen LogP) is -12.4. The minimum Gasteiger partial charge on any atom is -0.790 e. The molecular formula is C2H2Na3O6P. The molecule has 0 aromatic rings. The monoisotopic (exact) mass is 222 g/mol. The quantitative estimate of drug-likeness (QED) is 0.346. The van der Waals surface area contributed by atoms with E-state index in [2.05, 4.69) is 4.52 Å². The average molecular weight is 222 g/mol.